The van der Waals surface area contributed by atoms with E-state index in [2.05, 4.69) is 22.3 Å². The Morgan fingerprint density at radius 1 is 0.919 bits per heavy atom. The van der Waals surface area contributed by atoms with Gasteiger partial charge in [-0.1, -0.05) is 48.0 Å². The van der Waals surface area contributed by atoms with Gasteiger partial charge in [0.2, 0.25) is 0 Å². The van der Waals surface area contributed by atoms with Crippen molar-refractivity contribution in [1.82, 2.24) is 10.2 Å². The summed E-state index contributed by atoms with van der Waals surface area (Å²) in [6.07, 6.45) is 1.56. The third-order valence-electron chi connectivity index (χ3n) is 6.98. The van der Waals surface area contributed by atoms with E-state index >= 15 is 0 Å². The molecule has 0 aromatic heterocycles. The molecule has 194 valence electrons. The first-order chi connectivity index (χ1) is 17.8. The smallest absolute Gasteiger partial charge is 0.264 e. The number of hydrogen-bond acceptors (Lipinski definition) is 5. The number of nitrogens with zero attached hydrogens (tertiary/aromatic N) is 2. The quantitative estimate of drug-likeness (QED) is 0.507. The van der Waals surface area contributed by atoms with Crippen molar-refractivity contribution >= 4 is 21.6 Å². The largest absolute Gasteiger partial charge is 0.476 e. The molecule has 3 aromatic carbocycles. The third kappa shape index (κ3) is 5.65. The third-order valence-corrected chi connectivity index (χ3v) is 8.77. The number of fused-ring (bicyclic) bond motifs is 1. The minimum absolute atomic E-state index is 0.104. The average molecular weight is 520 g/mol. The van der Waals surface area contributed by atoms with Crippen molar-refractivity contribution in [2.75, 3.05) is 23.9 Å². The topological polar surface area (TPSA) is 79.0 Å². The Labute approximate surface area is 219 Å². The molecule has 0 unspecified atom stereocenters. The average Bonchev–Trinajstić information content (AvgIpc) is 3.41. The number of aryl methyl sites for hydroxylation is 2. The van der Waals surface area contributed by atoms with Gasteiger partial charge in [0.05, 0.1) is 17.1 Å². The lowest BCUT2D eigenvalue weighted by molar-refractivity contribution is -0.127. The molecule has 5 rings (SSSR count). The van der Waals surface area contributed by atoms with E-state index in [9.17, 15) is 13.2 Å². The molecular formula is C29H33N3O4S. The standard InChI is InChI=1S/C29H33N3O4S/c1-21-5-12-25(13-6-21)37(34,35)32-20-28(36-27-14-7-22(2)17-26(27)32)29(33)30-18-23-8-10-24(11-9-23)19-31-15-3-4-16-31/h5-14,17,28H,3-4,15-16,18-20H2,1-2H3,(H,30,33)/t28-/m0/s1. The molecule has 7 nitrogen and oxygen atoms in total. The zero-order chi connectivity index (χ0) is 26.0. The maximum absolute atomic E-state index is 13.6. The van der Waals surface area contributed by atoms with Crippen molar-refractivity contribution in [2.24, 2.45) is 0 Å². The van der Waals surface area contributed by atoms with Crippen LogP contribution in [0.1, 0.15) is 35.1 Å². The molecular weight excluding hydrogens is 486 g/mol. The van der Waals surface area contributed by atoms with E-state index in [1.54, 1.807) is 36.4 Å². The molecule has 2 aliphatic rings. The molecule has 1 saturated heterocycles. The van der Waals surface area contributed by atoms with Gasteiger partial charge in [0.25, 0.3) is 15.9 Å². The van der Waals surface area contributed by atoms with Gasteiger partial charge in [-0.2, -0.15) is 0 Å². The highest BCUT2D eigenvalue weighted by molar-refractivity contribution is 7.92. The normalized spacial score (nSPS) is 17.8. The number of ether oxygens (including phenoxy) is 1. The Morgan fingerprint density at radius 2 is 1.57 bits per heavy atom. The Kier molecular flexibility index (Phi) is 7.22. The van der Waals surface area contributed by atoms with Gasteiger partial charge in [0.15, 0.2) is 6.10 Å². The van der Waals surface area contributed by atoms with Gasteiger partial charge in [-0.25, -0.2) is 8.42 Å². The summed E-state index contributed by atoms with van der Waals surface area (Å²) in [5.74, 6) is 0.0235. The van der Waals surface area contributed by atoms with E-state index in [0.29, 0.717) is 18.0 Å². The van der Waals surface area contributed by atoms with Gasteiger partial charge in [-0.15, -0.1) is 0 Å². The van der Waals surface area contributed by atoms with Gasteiger partial charge in [-0.3, -0.25) is 14.0 Å². The summed E-state index contributed by atoms with van der Waals surface area (Å²) < 4.78 is 34.5. The van der Waals surface area contributed by atoms with E-state index in [1.807, 2.05) is 32.0 Å². The zero-order valence-corrected chi connectivity index (χ0v) is 22.1. The number of carbonyl (C=O) groups excluding carboxylic acids is 1. The van der Waals surface area contributed by atoms with Crippen LogP contribution < -0.4 is 14.4 Å². The lowest BCUT2D eigenvalue weighted by atomic mass is 10.1. The highest BCUT2D eigenvalue weighted by Crippen LogP contribution is 2.37. The van der Waals surface area contributed by atoms with Crippen molar-refractivity contribution in [3.8, 4) is 5.75 Å². The summed E-state index contributed by atoms with van der Waals surface area (Å²) in [5, 5.41) is 2.93. The fourth-order valence-corrected chi connectivity index (χ4v) is 6.30. The number of anilines is 1. The van der Waals surface area contributed by atoms with Crippen LogP contribution in [0.25, 0.3) is 0 Å². The molecule has 2 aliphatic heterocycles. The van der Waals surface area contributed by atoms with Gasteiger partial charge in [0.1, 0.15) is 5.75 Å². The lowest BCUT2D eigenvalue weighted by Gasteiger charge is -2.35. The summed E-state index contributed by atoms with van der Waals surface area (Å²) in [6.45, 7) is 7.29. The second kappa shape index (κ2) is 10.6. The number of likely N-dealkylation sites (tertiary alicyclic amines) is 1. The molecule has 0 aliphatic carbocycles. The van der Waals surface area contributed by atoms with Gasteiger partial charge in [0, 0.05) is 13.1 Å². The SMILES string of the molecule is Cc1ccc(S(=O)(=O)N2C[C@@H](C(=O)NCc3ccc(CN4CCCC4)cc3)Oc3ccc(C)cc32)cc1. The second-order valence-electron chi connectivity index (χ2n) is 9.94. The van der Waals surface area contributed by atoms with Gasteiger partial charge < -0.3 is 10.1 Å². The number of benzene rings is 3. The minimum atomic E-state index is -3.89. The molecule has 1 amide bonds. The van der Waals surface area contributed by atoms with Crippen LogP contribution in [-0.4, -0.2) is 45.0 Å². The Balaban J connectivity index is 1.30. The maximum atomic E-state index is 13.6. The van der Waals surface area contributed by atoms with E-state index in [0.717, 1.165) is 36.3 Å². The van der Waals surface area contributed by atoms with Crippen LogP contribution in [0.2, 0.25) is 0 Å². The number of carbonyl (C=O) groups is 1. The predicted octanol–water partition coefficient (Wildman–Crippen LogP) is 4.17. The molecule has 1 fully saturated rings. The summed E-state index contributed by atoms with van der Waals surface area (Å²) in [5.41, 5.74) is 4.56. The van der Waals surface area contributed by atoms with E-state index in [-0.39, 0.29) is 17.3 Å². The Bertz CT molecular complexity index is 1370. The predicted molar refractivity (Wildman–Crippen MR) is 144 cm³/mol. The molecule has 1 atom stereocenters. The first-order valence-electron chi connectivity index (χ1n) is 12.7. The first kappa shape index (κ1) is 25.3. The molecule has 1 N–H and O–H groups in total. The van der Waals surface area contributed by atoms with E-state index in [4.69, 9.17) is 4.74 Å². The summed E-state index contributed by atoms with van der Waals surface area (Å²) in [4.78, 5) is 15.8. The fourth-order valence-electron chi connectivity index (χ4n) is 4.83. The maximum Gasteiger partial charge on any atom is 0.264 e. The molecule has 0 spiro atoms. The monoisotopic (exact) mass is 519 g/mol. The van der Waals surface area contributed by atoms with E-state index in [1.165, 1.54) is 22.7 Å². The fraction of sp³-hybridized carbons (Fsp3) is 0.345. The molecule has 0 bridgehead atoms. The summed E-state index contributed by atoms with van der Waals surface area (Å²) in [7, 11) is -3.89. The van der Waals surface area contributed by atoms with Crippen LogP contribution >= 0.6 is 0 Å². The number of sulfonamides is 1. The van der Waals surface area contributed by atoms with Crippen molar-refractivity contribution in [3.63, 3.8) is 0 Å². The zero-order valence-electron chi connectivity index (χ0n) is 21.3. The summed E-state index contributed by atoms with van der Waals surface area (Å²) in [6, 6.07) is 20.3. The Morgan fingerprint density at radius 3 is 2.27 bits per heavy atom. The molecule has 2 heterocycles. The summed E-state index contributed by atoms with van der Waals surface area (Å²) >= 11 is 0. The highest BCUT2D eigenvalue weighted by Gasteiger charge is 2.37. The number of nitrogens with one attached hydrogen (secondary N) is 1. The van der Waals surface area contributed by atoms with E-state index < -0.39 is 16.1 Å². The van der Waals surface area contributed by atoms with Crippen LogP contribution in [0.15, 0.2) is 71.6 Å². The number of hydrogen-bond donors (Lipinski definition) is 1. The van der Waals surface area contributed by atoms with Crippen LogP contribution in [-0.2, 0) is 27.9 Å². The first-order valence-corrected chi connectivity index (χ1v) is 14.2. The van der Waals surface area contributed by atoms with Gasteiger partial charge >= 0.3 is 0 Å². The van der Waals surface area contributed by atoms with Crippen LogP contribution in [0.5, 0.6) is 5.75 Å². The molecule has 0 saturated carbocycles. The molecule has 0 radical (unpaired) electrons. The van der Waals surface area contributed by atoms with Crippen molar-refractivity contribution in [1.29, 1.82) is 0 Å². The Hall–Kier alpha value is -3.36. The van der Waals surface area contributed by atoms with Gasteiger partial charge in [-0.05, 0) is 80.7 Å². The second-order valence-corrected chi connectivity index (χ2v) is 11.8. The van der Waals surface area contributed by atoms with Crippen molar-refractivity contribution in [3.05, 3.63) is 89.0 Å². The van der Waals surface area contributed by atoms with Crippen molar-refractivity contribution in [2.45, 2.75) is 50.8 Å². The number of rotatable bonds is 7. The lowest BCUT2D eigenvalue weighted by Crippen LogP contribution is -2.50. The minimum Gasteiger partial charge on any atom is -0.476 e. The number of amides is 1. The highest BCUT2D eigenvalue weighted by atomic mass is 32.2. The molecule has 37 heavy (non-hydrogen) atoms. The van der Waals surface area contributed by atoms with Crippen LogP contribution in [0.3, 0.4) is 0 Å². The molecule has 3 aromatic rings. The van der Waals surface area contributed by atoms with Crippen LogP contribution in [0.4, 0.5) is 5.69 Å². The molecule has 8 heteroatoms. The van der Waals surface area contributed by atoms with Crippen molar-refractivity contribution < 1.29 is 17.9 Å². The van der Waals surface area contributed by atoms with Crippen LogP contribution in [0, 0.1) is 13.8 Å².